The van der Waals surface area contributed by atoms with E-state index in [4.69, 9.17) is 9.47 Å². The quantitative estimate of drug-likeness (QED) is 0.904. The van der Waals surface area contributed by atoms with Crippen molar-refractivity contribution in [2.45, 2.75) is 13.0 Å². The summed E-state index contributed by atoms with van der Waals surface area (Å²) < 4.78 is 10.5. The van der Waals surface area contributed by atoms with Gasteiger partial charge < -0.3 is 14.8 Å². The van der Waals surface area contributed by atoms with Crippen LogP contribution >= 0.6 is 11.3 Å². The van der Waals surface area contributed by atoms with Crippen molar-refractivity contribution in [3.05, 3.63) is 46.8 Å². The van der Waals surface area contributed by atoms with E-state index in [1.807, 2.05) is 30.5 Å². The van der Waals surface area contributed by atoms with Crippen LogP contribution in [0.3, 0.4) is 0 Å². The number of cyclic esters (lactones) is 1. The second-order valence-corrected chi connectivity index (χ2v) is 6.41. The Kier molecular flexibility index (Phi) is 4.71. The van der Waals surface area contributed by atoms with Crippen molar-refractivity contribution in [1.29, 1.82) is 0 Å². The normalized spacial score (nSPS) is 16.8. The highest BCUT2D eigenvalue weighted by atomic mass is 32.1. The number of nitrogens with zero attached hydrogens (tertiary/aromatic N) is 1. The number of hydrogen-bond acceptors (Lipinski definition) is 5. The highest BCUT2D eigenvalue weighted by Crippen LogP contribution is 2.26. The molecule has 24 heavy (non-hydrogen) atoms. The van der Waals surface area contributed by atoms with Crippen molar-refractivity contribution in [3.8, 4) is 5.75 Å². The summed E-state index contributed by atoms with van der Waals surface area (Å²) in [5, 5.41) is 5.56. The Morgan fingerprint density at radius 1 is 1.46 bits per heavy atom. The van der Waals surface area contributed by atoms with Gasteiger partial charge >= 0.3 is 6.09 Å². The SMILES string of the molecule is COc1ccc(C)cc1C(=O)NCC1CN(c2cccs2)C(=O)O1. The zero-order chi connectivity index (χ0) is 17.1. The molecular formula is C17H18N2O4S. The van der Waals surface area contributed by atoms with Gasteiger partial charge in [-0.05, 0) is 36.6 Å². The van der Waals surface area contributed by atoms with Crippen LogP contribution in [-0.2, 0) is 4.74 Å². The van der Waals surface area contributed by atoms with Crippen LogP contribution in [0.4, 0.5) is 9.80 Å². The lowest BCUT2D eigenvalue weighted by molar-refractivity contribution is 0.0913. The second kappa shape index (κ2) is 6.92. The molecule has 1 aromatic heterocycles. The Bertz CT molecular complexity index is 745. The number of thiophene rings is 1. The maximum Gasteiger partial charge on any atom is 0.415 e. The van der Waals surface area contributed by atoms with E-state index in [9.17, 15) is 9.59 Å². The third-order valence-corrected chi connectivity index (χ3v) is 4.63. The van der Waals surface area contributed by atoms with Crippen LogP contribution in [0.25, 0.3) is 0 Å². The molecule has 1 unspecified atom stereocenters. The van der Waals surface area contributed by atoms with Gasteiger partial charge in [-0.1, -0.05) is 11.6 Å². The molecule has 0 aliphatic carbocycles. The topological polar surface area (TPSA) is 67.9 Å². The highest BCUT2D eigenvalue weighted by molar-refractivity contribution is 7.14. The number of rotatable bonds is 5. The van der Waals surface area contributed by atoms with E-state index in [1.165, 1.54) is 18.4 Å². The molecule has 1 atom stereocenters. The third kappa shape index (κ3) is 3.35. The number of benzene rings is 1. The van der Waals surface area contributed by atoms with Gasteiger partial charge in [0.05, 0.1) is 25.8 Å². The fourth-order valence-electron chi connectivity index (χ4n) is 2.53. The lowest BCUT2D eigenvalue weighted by Gasteiger charge is -2.13. The Morgan fingerprint density at radius 3 is 3.00 bits per heavy atom. The monoisotopic (exact) mass is 346 g/mol. The molecule has 1 aliphatic rings. The average molecular weight is 346 g/mol. The van der Waals surface area contributed by atoms with Crippen LogP contribution in [0.5, 0.6) is 5.75 Å². The maximum atomic E-state index is 12.4. The second-order valence-electron chi connectivity index (χ2n) is 5.48. The number of nitrogens with one attached hydrogen (secondary N) is 1. The molecule has 2 aromatic rings. The molecular weight excluding hydrogens is 328 g/mol. The summed E-state index contributed by atoms with van der Waals surface area (Å²) in [4.78, 5) is 25.9. The van der Waals surface area contributed by atoms with E-state index < -0.39 is 0 Å². The molecule has 1 N–H and O–H groups in total. The standard InChI is InChI=1S/C17H18N2O4S/c1-11-5-6-14(22-2)13(8-11)16(20)18-9-12-10-19(17(21)23-12)15-4-3-7-24-15/h3-8,12H,9-10H2,1-2H3,(H,18,20). The first-order valence-electron chi connectivity index (χ1n) is 7.53. The molecule has 126 valence electrons. The summed E-state index contributed by atoms with van der Waals surface area (Å²) in [6.45, 7) is 2.59. The molecule has 0 radical (unpaired) electrons. The number of ether oxygens (including phenoxy) is 2. The minimum atomic E-state index is -0.384. The first-order chi connectivity index (χ1) is 11.6. The summed E-state index contributed by atoms with van der Waals surface area (Å²) in [5.74, 6) is 0.267. The van der Waals surface area contributed by atoms with Gasteiger partial charge in [0, 0.05) is 0 Å². The predicted octanol–water partition coefficient (Wildman–Crippen LogP) is 2.82. The van der Waals surface area contributed by atoms with E-state index in [0.29, 0.717) is 17.9 Å². The summed E-state index contributed by atoms with van der Waals surface area (Å²) >= 11 is 1.47. The van der Waals surface area contributed by atoms with E-state index in [2.05, 4.69) is 5.32 Å². The molecule has 2 amide bonds. The van der Waals surface area contributed by atoms with E-state index >= 15 is 0 Å². The first-order valence-corrected chi connectivity index (χ1v) is 8.41. The third-order valence-electron chi connectivity index (χ3n) is 3.74. The average Bonchev–Trinajstić information content (AvgIpc) is 3.21. The van der Waals surface area contributed by atoms with Crippen LogP contribution in [-0.4, -0.2) is 38.3 Å². The van der Waals surface area contributed by atoms with E-state index in [-0.39, 0.29) is 24.6 Å². The largest absolute Gasteiger partial charge is 0.496 e. The Morgan fingerprint density at radius 2 is 2.29 bits per heavy atom. The molecule has 1 aromatic carbocycles. The minimum absolute atomic E-state index is 0.249. The van der Waals surface area contributed by atoms with Gasteiger partial charge in [0.25, 0.3) is 5.91 Å². The molecule has 1 aliphatic heterocycles. The summed E-state index contributed by atoms with van der Waals surface area (Å²) in [5.41, 5.74) is 1.44. The number of amides is 2. The van der Waals surface area contributed by atoms with E-state index in [0.717, 1.165) is 10.6 Å². The summed E-state index contributed by atoms with van der Waals surface area (Å²) in [6.07, 6.45) is -0.760. The van der Waals surface area contributed by atoms with Crippen LogP contribution in [0.15, 0.2) is 35.7 Å². The van der Waals surface area contributed by atoms with Crippen molar-refractivity contribution >= 4 is 28.3 Å². The number of anilines is 1. The molecule has 0 saturated carbocycles. The molecule has 6 nitrogen and oxygen atoms in total. The fourth-order valence-corrected chi connectivity index (χ4v) is 3.26. The van der Waals surface area contributed by atoms with Gasteiger partial charge in [-0.3, -0.25) is 9.69 Å². The van der Waals surface area contributed by atoms with Gasteiger partial charge in [0.2, 0.25) is 0 Å². The van der Waals surface area contributed by atoms with Gasteiger partial charge in [-0.15, -0.1) is 11.3 Å². The molecule has 1 saturated heterocycles. The van der Waals surface area contributed by atoms with Crippen LogP contribution in [0, 0.1) is 6.92 Å². The Balaban J connectivity index is 1.61. The van der Waals surface area contributed by atoms with E-state index in [1.54, 1.807) is 17.0 Å². The lowest BCUT2D eigenvalue weighted by atomic mass is 10.1. The zero-order valence-corrected chi connectivity index (χ0v) is 14.3. The van der Waals surface area contributed by atoms with Gasteiger partial charge in [0.15, 0.2) is 0 Å². The first kappa shape index (κ1) is 16.3. The number of carbonyl (C=O) groups excluding carboxylic acids is 2. The molecule has 0 spiro atoms. The Hall–Kier alpha value is -2.54. The summed E-state index contributed by atoms with van der Waals surface area (Å²) in [6, 6.07) is 9.16. The van der Waals surface area contributed by atoms with Crippen molar-refractivity contribution in [2.24, 2.45) is 0 Å². The van der Waals surface area contributed by atoms with Gasteiger partial charge in [-0.25, -0.2) is 4.79 Å². The maximum absolute atomic E-state index is 12.4. The molecule has 0 bridgehead atoms. The van der Waals surface area contributed by atoms with Crippen LogP contribution in [0.1, 0.15) is 15.9 Å². The molecule has 7 heteroatoms. The van der Waals surface area contributed by atoms with Crippen LogP contribution < -0.4 is 15.0 Å². The number of aryl methyl sites for hydroxylation is 1. The van der Waals surface area contributed by atoms with Crippen molar-refractivity contribution in [1.82, 2.24) is 5.32 Å². The van der Waals surface area contributed by atoms with Crippen molar-refractivity contribution in [2.75, 3.05) is 25.1 Å². The molecule has 3 rings (SSSR count). The predicted molar refractivity (Wildman–Crippen MR) is 92.0 cm³/mol. The number of hydrogen-bond donors (Lipinski definition) is 1. The van der Waals surface area contributed by atoms with Crippen molar-refractivity contribution < 1.29 is 19.1 Å². The number of carbonyl (C=O) groups is 2. The fraction of sp³-hybridized carbons (Fsp3) is 0.294. The summed E-state index contributed by atoms with van der Waals surface area (Å²) in [7, 11) is 1.53. The highest BCUT2D eigenvalue weighted by Gasteiger charge is 2.33. The smallest absolute Gasteiger partial charge is 0.415 e. The zero-order valence-electron chi connectivity index (χ0n) is 13.4. The number of methoxy groups -OCH3 is 1. The molecule has 2 heterocycles. The minimum Gasteiger partial charge on any atom is -0.496 e. The van der Waals surface area contributed by atoms with Crippen LogP contribution in [0.2, 0.25) is 0 Å². The lowest BCUT2D eigenvalue weighted by Crippen LogP contribution is -2.34. The van der Waals surface area contributed by atoms with Crippen molar-refractivity contribution in [3.63, 3.8) is 0 Å². The molecule has 1 fully saturated rings. The van der Waals surface area contributed by atoms with Gasteiger partial charge in [-0.2, -0.15) is 0 Å². The Labute approximate surface area is 144 Å². The van der Waals surface area contributed by atoms with Gasteiger partial charge in [0.1, 0.15) is 16.9 Å².